The van der Waals surface area contributed by atoms with Crippen molar-refractivity contribution in [1.29, 1.82) is 0 Å². The van der Waals surface area contributed by atoms with Gasteiger partial charge in [0.15, 0.2) is 0 Å². The van der Waals surface area contributed by atoms with Crippen LogP contribution in [-0.2, 0) is 17.9 Å². The van der Waals surface area contributed by atoms with Crippen LogP contribution in [0.1, 0.15) is 21.6 Å². The summed E-state index contributed by atoms with van der Waals surface area (Å²) in [5, 5.41) is 9.69. The second-order valence-corrected chi connectivity index (χ2v) is 7.47. The van der Waals surface area contributed by atoms with Gasteiger partial charge in [0, 0.05) is 42.6 Å². The minimum atomic E-state index is -1.35. The lowest BCUT2D eigenvalue weighted by Gasteiger charge is -2.15. The Morgan fingerprint density at radius 2 is 1.88 bits per heavy atom. The van der Waals surface area contributed by atoms with Crippen LogP contribution in [0.25, 0.3) is 22.0 Å². The molecule has 4 aromatic rings. The molecule has 8 heteroatoms. The van der Waals surface area contributed by atoms with E-state index in [1.165, 1.54) is 24.5 Å². The highest BCUT2D eigenvalue weighted by molar-refractivity contribution is 5.94. The van der Waals surface area contributed by atoms with Gasteiger partial charge in [-0.2, -0.15) is 0 Å². The van der Waals surface area contributed by atoms with E-state index in [0.717, 1.165) is 5.56 Å². The number of aromatic carboxylic acids is 1. The summed E-state index contributed by atoms with van der Waals surface area (Å²) in [7, 11) is 3.11. The van der Waals surface area contributed by atoms with Crippen molar-refractivity contribution in [3.8, 4) is 16.9 Å². The first-order valence-corrected chi connectivity index (χ1v) is 10.1. The zero-order valence-corrected chi connectivity index (χ0v) is 18.0. The van der Waals surface area contributed by atoms with Crippen molar-refractivity contribution >= 4 is 16.9 Å². The molecule has 168 valence electrons. The van der Waals surface area contributed by atoms with E-state index in [1.807, 2.05) is 12.1 Å². The van der Waals surface area contributed by atoms with E-state index in [2.05, 4.69) is 4.98 Å². The van der Waals surface area contributed by atoms with E-state index in [4.69, 9.17) is 9.47 Å². The third-order valence-electron chi connectivity index (χ3n) is 5.34. The van der Waals surface area contributed by atoms with E-state index < -0.39 is 17.2 Å². The zero-order chi connectivity index (χ0) is 23.5. The Kier molecular flexibility index (Phi) is 6.19. The SMILES string of the molecule is COCc1ccc(-c2cc3c(=O)c(C(=O)O)cn(Cc4ccc(OC)cc4)c3cc2F)cn1. The summed E-state index contributed by atoms with van der Waals surface area (Å²) in [5.74, 6) is -1.22. The Morgan fingerprint density at radius 3 is 2.48 bits per heavy atom. The summed E-state index contributed by atoms with van der Waals surface area (Å²) in [4.78, 5) is 28.9. The molecule has 7 nitrogen and oxygen atoms in total. The number of hydrogen-bond donors (Lipinski definition) is 1. The van der Waals surface area contributed by atoms with Crippen molar-refractivity contribution in [2.45, 2.75) is 13.2 Å². The standard InChI is InChI=1S/C25H21FN2O5/c1-32-14-17-6-5-16(11-27-17)19-9-20-23(10-22(19)26)28(13-21(24(20)29)25(30)31)12-15-3-7-18(33-2)8-4-15/h3-11,13H,12,14H2,1-2H3,(H,30,31). The van der Waals surface area contributed by atoms with E-state index in [-0.39, 0.29) is 23.1 Å². The molecule has 0 spiro atoms. The average Bonchev–Trinajstić information content (AvgIpc) is 2.81. The molecule has 0 radical (unpaired) electrons. The molecule has 1 N–H and O–H groups in total. The van der Waals surface area contributed by atoms with Crippen LogP contribution in [0.3, 0.4) is 0 Å². The minimum absolute atomic E-state index is 0.112. The van der Waals surface area contributed by atoms with Gasteiger partial charge in [-0.25, -0.2) is 9.18 Å². The van der Waals surface area contributed by atoms with Crippen molar-refractivity contribution in [1.82, 2.24) is 9.55 Å². The molecule has 0 aliphatic heterocycles. The predicted molar refractivity (Wildman–Crippen MR) is 121 cm³/mol. The number of methoxy groups -OCH3 is 2. The maximum absolute atomic E-state index is 15.2. The van der Waals surface area contributed by atoms with Crippen molar-refractivity contribution in [3.05, 3.63) is 93.8 Å². The number of fused-ring (bicyclic) bond motifs is 1. The Morgan fingerprint density at radius 1 is 1.12 bits per heavy atom. The first-order chi connectivity index (χ1) is 15.9. The molecule has 4 rings (SSSR count). The molecule has 0 aliphatic rings. The van der Waals surface area contributed by atoms with Gasteiger partial charge < -0.3 is 19.1 Å². The normalized spacial score (nSPS) is 11.0. The highest BCUT2D eigenvalue weighted by atomic mass is 19.1. The number of nitrogens with zero attached hydrogens (tertiary/aromatic N) is 2. The Labute approximate surface area is 188 Å². The number of rotatable bonds is 7. The van der Waals surface area contributed by atoms with Gasteiger partial charge in [0.2, 0.25) is 5.43 Å². The Balaban J connectivity index is 1.86. The molecule has 0 fully saturated rings. The molecule has 2 aromatic carbocycles. The highest BCUT2D eigenvalue weighted by Gasteiger charge is 2.18. The van der Waals surface area contributed by atoms with Gasteiger partial charge in [-0.15, -0.1) is 0 Å². The van der Waals surface area contributed by atoms with E-state index in [1.54, 1.807) is 43.1 Å². The van der Waals surface area contributed by atoms with Gasteiger partial charge in [-0.05, 0) is 35.9 Å². The Bertz CT molecular complexity index is 1380. The van der Waals surface area contributed by atoms with Gasteiger partial charge in [-0.3, -0.25) is 9.78 Å². The fraction of sp³-hybridized carbons (Fsp3) is 0.160. The number of hydrogen-bond acceptors (Lipinski definition) is 5. The van der Waals surface area contributed by atoms with Crippen LogP contribution in [0.4, 0.5) is 4.39 Å². The fourth-order valence-corrected chi connectivity index (χ4v) is 3.66. The third-order valence-corrected chi connectivity index (χ3v) is 5.34. The van der Waals surface area contributed by atoms with E-state index >= 15 is 4.39 Å². The van der Waals surface area contributed by atoms with Crippen molar-refractivity contribution in [3.63, 3.8) is 0 Å². The van der Waals surface area contributed by atoms with Crippen LogP contribution < -0.4 is 10.2 Å². The summed E-state index contributed by atoms with van der Waals surface area (Å²) in [6, 6.07) is 13.2. The quantitative estimate of drug-likeness (QED) is 0.458. The van der Waals surface area contributed by atoms with E-state index in [9.17, 15) is 14.7 Å². The molecule has 0 saturated heterocycles. The van der Waals surface area contributed by atoms with Crippen LogP contribution in [0, 0.1) is 5.82 Å². The molecular weight excluding hydrogens is 427 g/mol. The maximum Gasteiger partial charge on any atom is 0.341 e. The smallest absolute Gasteiger partial charge is 0.341 e. The Hall–Kier alpha value is -4.04. The van der Waals surface area contributed by atoms with Crippen LogP contribution >= 0.6 is 0 Å². The van der Waals surface area contributed by atoms with Gasteiger partial charge in [-0.1, -0.05) is 18.2 Å². The summed E-state index contributed by atoms with van der Waals surface area (Å²) in [6.45, 7) is 0.561. The molecule has 2 heterocycles. The second-order valence-electron chi connectivity index (χ2n) is 7.47. The number of aromatic nitrogens is 2. The fourth-order valence-electron chi connectivity index (χ4n) is 3.66. The first-order valence-electron chi connectivity index (χ1n) is 10.1. The van der Waals surface area contributed by atoms with Crippen LogP contribution in [-0.4, -0.2) is 34.8 Å². The molecule has 0 amide bonds. The number of carboxylic acid groups (broad SMARTS) is 1. The lowest BCUT2D eigenvalue weighted by molar-refractivity contribution is 0.0695. The maximum atomic E-state index is 15.2. The molecule has 0 unspecified atom stereocenters. The topological polar surface area (TPSA) is 90.7 Å². The third kappa shape index (κ3) is 4.47. The zero-order valence-electron chi connectivity index (χ0n) is 18.0. The largest absolute Gasteiger partial charge is 0.497 e. The summed E-state index contributed by atoms with van der Waals surface area (Å²) in [5.41, 5.74) is 1.38. The molecule has 0 atom stereocenters. The number of ether oxygens (including phenoxy) is 2. The minimum Gasteiger partial charge on any atom is -0.497 e. The summed E-state index contributed by atoms with van der Waals surface area (Å²) in [6.07, 6.45) is 2.74. The van der Waals surface area contributed by atoms with Crippen LogP contribution in [0.2, 0.25) is 0 Å². The molecule has 2 aromatic heterocycles. The van der Waals surface area contributed by atoms with Gasteiger partial charge in [0.05, 0.1) is 24.9 Å². The number of pyridine rings is 2. The number of carboxylic acids is 1. The number of carbonyl (C=O) groups is 1. The van der Waals surface area contributed by atoms with Crippen molar-refractivity contribution in [2.24, 2.45) is 0 Å². The van der Waals surface area contributed by atoms with Crippen molar-refractivity contribution in [2.75, 3.05) is 14.2 Å². The van der Waals surface area contributed by atoms with Gasteiger partial charge >= 0.3 is 5.97 Å². The molecule has 33 heavy (non-hydrogen) atoms. The first kappa shape index (κ1) is 22.2. The second kappa shape index (κ2) is 9.22. The van der Waals surface area contributed by atoms with Gasteiger partial charge in [0.1, 0.15) is 17.1 Å². The number of benzene rings is 2. The summed E-state index contributed by atoms with van der Waals surface area (Å²) >= 11 is 0. The predicted octanol–water partition coefficient (Wildman–Crippen LogP) is 4.10. The average molecular weight is 448 g/mol. The molecule has 0 bridgehead atoms. The van der Waals surface area contributed by atoms with Crippen LogP contribution in [0.5, 0.6) is 5.75 Å². The number of halogens is 1. The monoisotopic (exact) mass is 448 g/mol. The van der Waals surface area contributed by atoms with Crippen molar-refractivity contribution < 1.29 is 23.8 Å². The molecule has 0 saturated carbocycles. The molecular formula is C25H21FN2O5. The summed E-state index contributed by atoms with van der Waals surface area (Å²) < 4.78 is 26.9. The molecule has 0 aliphatic carbocycles. The lowest BCUT2D eigenvalue weighted by atomic mass is 10.0. The van der Waals surface area contributed by atoms with Crippen LogP contribution in [0.15, 0.2) is 65.7 Å². The highest BCUT2D eigenvalue weighted by Crippen LogP contribution is 2.27. The van der Waals surface area contributed by atoms with Gasteiger partial charge in [0.25, 0.3) is 0 Å². The van der Waals surface area contributed by atoms with E-state index in [0.29, 0.717) is 29.1 Å². The lowest BCUT2D eigenvalue weighted by Crippen LogP contribution is -2.19.